The first kappa shape index (κ1) is 47.4. The third kappa shape index (κ3) is 14.4. The van der Waals surface area contributed by atoms with Gasteiger partial charge in [-0.05, 0) is 99.6 Å². The summed E-state index contributed by atoms with van der Waals surface area (Å²) in [6.07, 6.45) is 2.57. The molecule has 57 heavy (non-hydrogen) atoms. The molecule has 0 saturated carbocycles. The van der Waals surface area contributed by atoms with Crippen molar-refractivity contribution in [3.8, 4) is 0 Å². The van der Waals surface area contributed by atoms with Crippen LogP contribution in [0, 0.1) is 16.2 Å². The van der Waals surface area contributed by atoms with Gasteiger partial charge in [0.2, 0.25) is 0 Å². The van der Waals surface area contributed by atoms with Gasteiger partial charge in [0.15, 0.2) is 30.3 Å². The Morgan fingerprint density at radius 2 is 1.44 bits per heavy atom. The van der Waals surface area contributed by atoms with Gasteiger partial charge in [0.05, 0.1) is 22.9 Å². The Morgan fingerprint density at radius 1 is 0.842 bits per heavy atom. The molecule has 13 nitrogen and oxygen atoms in total. The minimum absolute atomic E-state index is 0.0240. The molecule has 2 unspecified atom stereocenters. The second kappa shape index (κ2) is 21.2. The van der Waals surface area contributed by atoms with Crippen molar-refractivity contribution >= 4 is 29.8 Å². The molecule has 1 N–H and O–H groups in total. The molecule has 1 aromatic carbocycles. The summed E-state index contributed by atoms with van der Waals surface area (Å²) in [7, 11) is 0. The topological polar surface area (TPSA) is 158 Å². The lowest BCUT2D eigenvalue weighted by atomic mass is 9.91. The summed E-state index contributed by atoms with van der Waals surface area (Å²) >= 11 is 0. The van der Waals surface area contributed by atoms with Gasteiger partial charge in [0.25, 0.3) is 0 Å². The highest BCUT2D eigenvalue weighted by molar-refractivity contribution is 5.90. The van der Waals surface area contributed by atoms with Crippen molar-refractivity contribution in [1.82, 2.24) is 9.80 Å². The zero-order chi connectivity index (χ0) is 42.6. The molecule has 2 aliphatic rings. The Labute approximate surface area is 339 Å². The van der Waals surface area contributed by atoms with Crippen LogP contribution in [0.5, 0.6) is 0 Å². The van der Waals surface area contributed by atoms with Gasteiger partial charge in [-0.3, -0.25) is 19.2 Å². The second-order valence-electron chi connectivity index (χ2n) is 18.3. The molecule has 1 aromatic rings. The Bertz CT molecular complexity index is 1510. The van der Waals surface area contributed by atoms with Crippen LogP contribution < -0.4 is 0 Å². The van der Waals surface area contributed by atoms with Crippen molar-refractivity contribution in [2.45, 2.75) is 164 Å². The van der Waals surface area contributed by atoms with Crippen molar-refractivity contribution in [2.24, 2.45) is 16.2 Å². The predicted octanol–water partition coefficient (Wildman–Crippen LogP) is 7.12. The minimum Gasteiger partial charge on any atom is -0.455 e. The van der Waals surface area contributed by atoms with Crippen molar-refractivity contribution in [2.75, 3.05) is 19.8 Å². The maximum Gasteiger partial charge on any atom is 0.410 e. The van der Waals surface area contributed by atoms with E-state index in [1.54, 1.807) is 73.4 Å². The van der Waals surface area contributed by atoms with E-state index in [1.807, 2.05) is 35.2 Å². The standard InChI is InChI=1S/C44H68N2O11/c1-11-12-14-21-31(46(23-17-18-25-47)41(52)54-28-30-19-15-13-16-20-30)26-32-27-33(48)22-24-45(32)37-36(57-40(51)44(8,9)10)35(56-39(50)43(5,6)7)34(29-53-37)55-38(49)42(2,3)4/h13,15-16,19-20,22,24,31-32,34-37,47H,11-12,14,17-18,21,23,25-29H2,1-10H3/t31-,32+,34-,35?,36?,37+/m1/s1. The number of hydrogen-bond donors (Lipinski definition) is 1. The summed E-state index contributed by atoms with van der Waals surface area (Å²) in [6.45, 7) is 17.6. The molecule has 0 aromatic heterocycles. The van der Waals surface area contributed by atoms with Crippen molar-refractivity contribution < 1.29 is 52.8 Å². The normalized spacial score (nSPS) is 22.1. The molecule has 320 valence electrons. The number of carbonyl (C=O) groups excluding carboxylic acids is 5. The van der Waals surface area contributed by atoms with Crippen molar-refractivity contribution in [3.05, 3.63) is 48.2 Å². The van der Waals surface area contributed by atoms with E-state index >= 15 is 0 Å². The fourth-order valence-electron chi connectivity index (χ4n) is 6.46. The van der Waals surface area contributed by atoms with Gasteiger partial charge in [-0.2, -0.15) is 0 Å². The Morgan fingerprint density at radius 3 is 2.02 bits per heavy atom. The lowest BCUT2D eigenvalue weighted by Crippen LogP contribution is -2.64. The molecule has 0 aliphatic carbocycles. The molecular weight excluding hydrogens is 732 g/mol. The van der Waals surface area contributed by atoms with Gasteiger partial charge in [-0.25, -0.2) is 4.79 Å². The van der Waals surface area contributed by atoms with E-state index in [2.05, 4.69) is 6.92 Å². The third-order valence-electron chi connectivity index (χ3n) is 9.94. The Hall–Kier alpha value is -3.97. The first-order chi connectivity index (χ1) is 26.7. The molecule has 1 fully saturated rings. The first-order valence-electron chi connectivity index (χ1n) is 20.5. The van der Waals surface area contributed by atoms with Gasteiger partial charge in [-0.1, -0.05) is 56.5 Å². The smallest absolute Gasteiger partial charge is 0.410 e. The zero-order valence-corrected chi connectivity index (χ0v) is 35.9. The van der Waals surface area contributed by atoms with E-state index in [-0.39, 0.29) is 38.1 Å². The number of rotatable bonds is 17. The van der Waals surface area contributed by atoms with Gasteiger partial charge in [0, 0.05) is 37.9 Å². The highest BCUT2D eigenvalue weighted by atomic mass is 16.7. The van der Waals surface area contributed by atoms with Crippen LogP contribution in [0.3, 0.4) is 0 Å². The highest BCUT2D eigenvalue weighted by Crippen LogP contribution is 2.35. The van der Waals surface area contributed by atoms with Crippen LogP contribution in [-0.2, 0) is 49.5 Å². The molecule has 6 atom stereocenters. The van der Waals surface area contributed by atoms with Crippen LogP contribution in [0.15, 0.2) is 42.6 Å². The number of hydrogen-bond acceptors (Lipinski definition) is 12. The predicted molar refractivity (Wildman–Crippen MR) is 214 cm³/mol. The summed E-state index contributed by atoms with van der Waals surface area (Å²) in [5.74, 6) is -1.87. The number of ether oxygens (including phenoxy) is 5. The van der Waals surface area contributed by atoms with Gasteiger partial charge >= 0.3 is 24.0 Å². The SMILES string of the molecule is CCCCC[C@H](C[C@H]1CC(=O)C=CN1[C@H]1OC[C@@H](OC(=O)C(C)(C)C)C(OC(=O)C(C)(C)C)C1OC(=O)C(C)(C)C)N(CCCCO)C(=O)OCc1ccccc1. The van der Waals surface area contributed by atoms with Crippen molar-refractivity contribution in [3.63, 3.8) is 0 Å². The van der Waals surface area contributed by atoms with E-state index in [0.29, 0.717) is 32.2 Å². The fourth-order valence-corrected chi connectivity index (χ4v) is 6.46. The van der Waals surface area contributed by atoms with Gasteiger partial charge in [0.1, 0.15) is 6.61 Å². The molecule has 1 saturated heterocycles. The van der Waals surface area contributed by atoms with E-state index in [9.17, 15) is 29.1 Å². The van der Waals surface area contributed by atoms with Crippen molar-refractivity contribution in [1.29, 1.82) is 0 Å². The number of benzene rings is 1. The van der Waals surface area contributed by atoms with E-state index in [1.165, 1.54) is 6.08 Å². The number of nitrogens with zero attached hydrogens (tertiary/aromatic N) is 2. The first-order valence-corrected chi connectivity index (χ1v) is 20.5. The zero-order valence-electron chi connectivity index (χ0n) is 35.9. The largest absolute Gasteiger partial charge is 0.455 e. The fraction of sp³-hybridized carbons (Fsp3) is 0.705. The number of carbonyl (C=O) groups is 5. The van der Waals surface area contributed by atoms with Gasteiger partial charge < -0.3 is 38.6 Å². The quantitative estimate of drug-likeness (QED) is 0.0968. The van der Waals surface area contributed by atoms with E-state index in [4.69, 9.17) is 23.7 Å². The highest BCUT2D eigenvalue weighted by Gasteiger charge is 2.53. The number of amides is 1. The summed E-state index contributed by atoms with van der Waals surface area (Å²) < 4.78 is 30.6. The molecular formula is C44H68N2O11. The summed E-state index contributed by atoms with van der Waals surface area (Å²) in [5, 5.41) is 9.62. The second-order valence-corrected chi connectivity index (χ2v) is 18.3. The average molecular weight is 801 g/mol. The summed E-state index contributed by atoms with van der Waals surface area (Å²) in [4.78, 5) is 71.2. The van der Waals surface area contributed by atoms with E-state index < -0.39 is 70.8 Å². The van der Waals surface area contributed by atoms with Crippen LogP contribution in [0.25, 0.3) is 0 Å². The van der Waals surface area contributed by atoms with Crippen LogP contribution in [0.1, 0.15) is 126 Å². The summed E-state index contributed by atoms with van der Waals surface area (Å²) in [6, 6.07) is 8.48. The number of esters is 3. The summed E-state index contributed by atoms with van der Waals surface area (Å²) in [5.41, 5.74) is -1.97. The van der Waals surface area contributed by atoms with Crippen LogP contribution in [-0.4, -0.2) is 101 Å². The lowest BCUT2D eigenvalue weighted by Gasteiger charge is -2.49. The van der Waals surface area contributed by atoms with Gasteiger partial charge in [-0.15, -0.1) is 0 Å². The van der Waals surface area contributed by atoms with Crippen LogP contribution in [0.2, 0.25) is 0 Å². The maximum atomic E-state index is 13.9. The molecule has 13 heteroatoms. The van der Waals surface area contributed by atoms with E-state index in [0.717, 1.165) is 24.8 Å². The molecule has 1 amide bonds. The number of ketones is 1. The van der Waals surface area contributed by atoms with Crippen LogP contribution >= 0.6 is 0 Å². The molecule has 2 aliphatic heterocycles. The number of aliphatic hydroxyl groups is 1. The minimum atomic E-state index is -1.29. The Kier molecular flexibility index (Phi) is 17.6. The number of allylic oxidation sites excluding steroid dienone is 1. The lowest BCUT2D eigenvalue weighted by molar-refractivity contribution is -0.256. The Balaban J connectivity index is 2.09. The molecule has 2 heterocycles. The average Bonchev–Trinajstić information content (AvgIpc) is 3.13. The molecule has 0 bridgehead atoms. The molecule has 0 spiro atoms. The monoisotopic (exact) mass is 800 g/mol. The van der Waals surface area contributed by atoms with Crippen LogP contribution in [0.4, 0.5) is 4.79 Å². The maximum absolute atomic E-state index is 13.9. The number of aliphatic hydroxyl groups excluding tert-OH is 1. The molecule has 3 rings (SSSR count). The number of unbranched alkanes of at least 4 members (excludes halogenated alkanes) is 3. The third-order valence-corrected chi connectivity index (χ3v) is 9.94. The molecule has 0 radical (unpaired) electrons.